The fourth-order valence-corrected chi connectivity index (χ4v) is 2.97. The van der Waals surface area contributed by atoms with Crippen molar-refractivity contribution in [3.63, 3.8) is 0 Å². The first kappa shape index (κ1) is 15.4. The Kier molecular flexibility index (Phi) is 4.23. The molecule has 6 heteroatoms. The molecule has 6 nitrogen and oxygen atoms in total. The number of carbonyl (C=O) groups is 2. The smallest absolute Gasteiger partial charge is 0.318 e. The number of nitrogens with one attached hydrogen (secondary N) is 3. The number of carbonyl (C=O) groups excluding carboxylic acids is 2. The zero-order valence-corrected chi connectivity index (χ0v) is 13.5. The van der Waals surface area contributed by atoms with E-state index in [9.17, 15) is 9.59 Å². The van der Waals surface area contributed by atoms with Gasteiger partial charge in [0.25, 0.3) is 0 Å². The molecule has 0 aliphatic carbocycles. The van der Waals surface area contributed by atoms with Crippen molar-refractivity contribution >= 4 is 22.8 Å². The van der Waals surface area contributed by atoms with E-state index in [2.05, 4.69) is 40.7 Å². The van der Waals surface area contributed by atoms with E-state index < -0.39 is 6.04 Å². The Bertz CT molecular complexity index is 737. The second kappa shape index (κ2) is 6.32. The number of fused-ring (bicyclic) bond motifs is 1. The highest BCUT2D eigenvalue weighted by molar-refractivity contribution is 5.88. The van der Waals surface area contributed by atoms with Crippen molar-refractivity contribution in [3.8, 4) is 0 Å². The maximum absolute atomic E-state index is 12.2. The van der Waals surface area contributed by atoms with Gasteiger partial charge in [0, 0.05) is 36.7 Å². The lowest BCUT2D eigenvalue weighted by atomic mass is 10.1. The van der Waals surface area contributed by atoms with Crippen LogP contribution in [0.25, 0.3) is 10.9 Å². The summed E-state index contributed by atoms with van der Waals surface area (Å²) in [6, 6.07) is 5.72. The highest BCUT2D eigenvalue weighted by Crippen LogP contribution is 2.19. The van der Waals surface area contributed by atoms with Crippen molar-refractivity contribution < 1.29 is 9.59 Å². The van der Waals surface area contributed by atoms with Crippen LogP contribution in [0.1, 0.15) is 18.1 Å². The lowest BCUT2D eigenvalue weighted by Crippen LogP contribution is -2.58. The van der Waals surface area contributed by atoms with Gasteiger partial charge in [0.15, 0.2) is 0 Å². The van der Waals surface area contributed by atoms with Gasteiger partial charge in [-0.3, -0.25) is 4.79 Å². The van der Waals surface area contributed by atoms with Gasteiger partial charge < -0.3 is 20.5 Å². The zero-order valence-electron chi connectivity index (χ0n) is 13.5. The maximum atomic E-state index is 12.2. The second-order valence-electron chi connectivity index (χ2n) is 6.01. The monoisotopic (exact) mass is 314 g/mol. The Hall–Kier alpha value is -2.50. The number of nitrogens with zero attached hydrogens (tertiary/aromatic N) is 1. The van der Waals surface area contributed by atoms with E-state index in [-0.39, 0.29) is 11.9 Å². The van der Waals surface area contributed by atoms with Crippen LogP contribution in [0.4, 0.5) is 4.79 Å². The molecule has 1 aliphatic heterocycles. The van der Waals surface area contributed by atoms with Crippen LogP contribution in [0.3, 0.4) is 0 Å². The van der Waals surface area contributed by atoms with E-state index in [4.69, 9.17) is 0 Å². The average molecular weight is 314 g/mol. The van der Waals surface area contributed by atoms with E-state index in [1.165, 1.54) is 16.5 Å². The van der Waals surface area contributed by atoms with Crippen LogP contribution in [-0.4, -0.2) is 47.5 Å². The lowest BCUT2D eigenvalue weighted by Gasteiger charge is -2.32. The van der Waals surface area contributed by atoms with Gasteiger partial charge in [-0.05, 0) is 37.5 Å². The molecule has 1 aromatic carbocycles. The van der Waals surface area contributed by atoms with Crippen LogP contribution in [0.5, 0.6) is 0 Å². The number of urea groups is 1. The molecule has 0 spiro atoms. The maximum Gasteiger partial charge on any atom is 0.318 e. The van der Waals surface area contributed by atoms with Gasteiger partial charge in [-0.1, -0.05) is 12.1 Å². The first-order valence-electron chi connectivity index (χ1n) is 7.95. The number of aromatic nitrogens is 1. The van der Waals surface area contributed by atoms with Gasteiger partial charge >= 0.3 is 6.03 Å². The Morgan fingerprint density at radius 2 is 2.26 bits per heavy atom. The van der Waals surface area contributed by atoms with Crippen molar-refractivity contribution in [2.75, 3.05) is 19.6 Å². The number of benzene rings is 1. The fourth-order valence-electron chi connectivity index (χ4n) is 2.97. The molecule has 3 rings (SSSR count). The Labute approximate surface area is 135 Å². The second-order valence-corrected chi connectivity index (χ2v) is 6.01. The quantitative estimate of drug-likeness (QED) is 0.804. The third-order valence-corrected chi connectivity index (χ3v) is 4.35. The van der Waals surface area contributed by atoms with Gasteiger partial charge in [0.1, 0.15) is 6.04 Å². The third kappa shape index (κ3) is 3.16. The molecule has 0 bridgehead atoms. The van der Waals surface area contributed by atoms with E-state index >= 15 is 0 Å². The van der Waals surface area contributed by atoms with Crippen LogP contribution in [-0.2, 0) is 11.2 Å². The van der Waals surface area contributed by atoms with Crippen LogP contribution in [0.15, 0.2) is 24.4 Å². The molecule has 2 aromatic rings. The number of hydrogen-bond acceptors (Lipinski definition) is 2. The van der Waals surface area contributed by atoms with Crippen LogP contribution >= 0.6 is 0 Å². The number of aryl methyl sites for hydroxylation is 1. The molecular weight excluding hydrogens is 292 g/mol. The molecule has 122 valence electrons. The largest absolute Gasteiger partial charge is 0.361 e. The van der Waals surface area contributed by atoms with Gasteiger partial charge in [-0.15, -0.1) is 0 Å². The van der Waals surface area contributed by atoms with Crippen LogP contribution < -0.4 is 10.6 Å². The molecule has 1 saturated heterocycles. The minimum atomic E-state index is -0.417. The fraction of sp³-hybridized carbons (Fsp3) is 0.412. The SMILES string of the molecule is Cc1ccc2c(CCNC(=O)N3CCNC(=O)[C@H]3C)c[nH]c2c1. The van der Waals surface area contributed by atoms with E-state index in [1.807, 2.05) is 6.20 Å². The molecular formula is C17H22N4O2. The summed E-state index contributed by atoms with van der Waals surface area (Å²) in [4.78, 5) is 28.7. The number of aromatic amines is 1. The van der Waals surface area contributed by atoms with Gasteiger partial charge in [0.05, 0.1) is 0 Å². The lowest BCUT2D eigenvalue weighted by molar-refractivity contribution is -0.126. The standard InChI is InChI=1S/C17H22N4O2/c1-11-3-4-14-13(10-20-15(14)9-11)5-6-19-17(23)21-8-7-18-16(22)12(21)2/h3-4,9-10,12,20H,5-8H2,1-2H3,(H,18,22)(H,19,23)/t12-/m1/s1. The molecule has 1 fully saturated rings. The summed E-state index contributed by atoms with van der Waals surface area (Å²) in [7, 11) is 0. The van der Waals surface area contributed by atoms with Gasteiger partial charge in [-0.2, -0.15) is 0 Å². The van der Waals surface area contributed by atoms with Crippen molar-refractivity contribution in [1.29, 1.82) is 0 Å². The van der Waals surface area contributed by atoms with Crippen LogP contribution in [0, 0.1) is 6.92 Å². The minimum Gasteiger partial charge on any atom is -0.361 e. The molecule has 0 unspecified atom stereocenters. The van der Waals surface area contributed by atoms with E-state index in [0.717, 1.165) is 11.9 Å². The molecule has 3 amide bonds. The summed E-state index contributed by atoms with van der Waals surface area (Å²) in [6.07, 6.45) is 2.75. The van der Waals surface area contributed by atoms with Gasteiger partial charge in [0.2, 0.25) is 5.91 Å². The summed E-state index contributed by atoms with van der Waals surface area (Å²) >= 11 is 0. The predicted molar refractivity (Wildman–Crippen MR) is 89.3 cm³/mol. The molecule has 23 heavy (non-hydrogen) atoms. The molecule has 2 heterocycles. The Morgan fingerprint density at radius 1 is 1.43 bits per heavy atom. The van der Waals surface area contributed by atoms with E-state index in [0.29, 0.717) is 19.6 Å². The summed E-state index contributed by atoms with van der Waals surface area (Å²) in [5.41, 5.74) is 3.52. The van der Waals surface area contributed by atoms with Crippen molar-refractivity contribution in [2.24, 2.45) is 0 Å². The first-order chi connectivity index (χ1) is 11.1. The highest BCUT2D eigenvalue weighted by atomic mass is 16.2. The number of hydrogen-bond donors (Lipinski definition) is 3. The molecule has 0 saturated carbocycles. The van der Waals surface area contributed by atoms with Crippen molar-refractivity contribution in [3.05, 3.63) is 35.5 Å². The van der Waals surface area contributed by atoms with E-state index in [1.54, 1.807) is 11.8 Å². The molecule has 3 N–H and O–H groups in total. The average Bonchev–Trinajstić information content (AvgIpc) is 2.92. The molecule has 1 aromatic heterocycles. The summed E-state index contributed by atoms with van der Waals surface area (Å²) in [5.74, 6) is -0.0987. The molecule has 1 atom stereocenters. The number of amides is 3. The van der Waals surface area contributed by atoms with Crippen LogP contribution in [0.2, 0.25) is 0 Å². The number of piperazine rings is 1. The first-order valence-corrected chi connectivity index (χ1v) is 7.95. The summed E-state index contributed by atoms with van der Waals surface area (Å²) in [6.45, 7) is 5.42. The Morgan fingerprint density at radius 3 is 3.09 bits per heavy atom. The molecule has 0 radical (unpaired) electrons. The predicted octanol–water partition coefficient (Wildman–Crippen LogP) is 1.55. The van der Waals surface area contributed by atoms with Gasteiger partial charge in [-0.25, -0.2) is 4.79 Å². The number of H-pyrrole nitrogens is 1. The topological polar surface area (TPSA) is 77.2 Å². The third-order valence-electron chi connectivity index (χ3n) is 4.35. The highest BCUT2D eigenvalue weighted by Gasteiger charge is 2.28. The normalized spacial score (nSPS) is 18.1. The van der Waals surface area contributed by atoms with Crippen molar-refractivity contribution in [1.82, 2.24) is 20.5 Å². The number of rotatable bonds is 3. The minimum absolute atomic E-state index is 0.0987. The molecule has 1 aliphatic rings. The summed E-state index contributed by atoms with van der Waals surface area (Å²) < 4.78 is 0. The Balaban J connectivity index is 1.58. The summed E-state index contributed by atoms with van der Waals surface area (Å²) in [5, 5.41) is 6.86. The zero-order chi connectivity index (χ0) is 16.4. The van der Waals surface area contributed by atoms with Crippen molar-refractivity contribution in [2.45, 2.75) is 26.3 Å².